The van der Waals surface area contributed by atoms with Crippen LogP contribution in [0.15, 0.2) is 18.2 Å². The molecule has 7 nitrogen and oxygen atoms in total. The lowest BCUT2D eigenvalue weighted by molar-refractivity contribution is -0.131. The molecule has 0 aliphatic carbocycles. The maximum absolute atomic E-state index is 12.6. The Morgan fingerprint density at radius 2 is 1.65 bits per heavy atom. The van der Waals surface area contributed by atoms with E-state index in [9.17, 15) is 9.59 Å². The number of nitrogens with zero attached hydrogens (tertiary/aromatic N) is 3. The van der Waals surface area contributed by atoms with Crippen molar-refractivity contribution in [1.82, 2.24) is 20.0 Å². The van der Waals surface area contributed by atoms with Crippen LogP contribution >= 0.6 is 11.6 Å². The number of hydrogen-bond acceptors (Lipinski definition) is 4. The summed E-state index contributed by atoms with van der Waals surface area (Å²) in [5.74, 6) is 1.22. The normalized spacial score (nSPS) is 19.9. The third kappa shape index (κ3) is 7.01. The third-order valence-corrected chi connectivity index (χ3v) is 7.61. The zero-order valence-corrected chi connectivity index (χ0v) is 21.0. The van der Waals surface area contributed by atoms with E-state index in [1.807, 2.05) is 17.0 Å². The van der Waals surface area contributed by atoms with Crippen LogP contribution in [-0.2, 0) is 4.79 Å². The molecule has 1 aromatic carbocycles. The van der Waals surface area contributed by atoms with Crippen LogP contribution in [0, 0.1) is 0 Å². The molecule has 0 spiro atoms. The highest BCUT2D eigenvalue weighted by Crippen LogP contribution is 2.36. The predicted octanol–water partition coefficient (Wildman–Crippen LogP) is 4.11. The second-order valence-corrected chi connectivity index (χ2v) is 10.2. The Morgan fingerprint density at radius 1 is 0.941 bits per heavy atom. The predicted molar refractivity (Wildman–Crippen MR) is 135 cm³/mol. The highest BCUT2D eigenvalue weighted by atomic mass is 35.5. The summed E-state index contributed by atoms with van der Waals surface area (Å²) >= 11 is 6.28. The van der Waals surface area contributed by atoms with Crippen molar-refractivity contribution in [2.24, 2.45) is 0 Å². The second-order valence-electron chi connectivity index (χ2n) is 9.79. The van der Waals surface area contributed by atoms with Crippen molar-refractivity contribution in [2.45, 2.75) is 57.3 Å². The van der Waals surface area contributed by atoms with Crippen LogP contribution in [0.4, 0.5) is 4.79 Å². The molecule has 4 rings (SSSR count). The van der Waals surface area contributed by atoms with Crippen molar-refractivity contribution in [3.8, 4) is 5.75 Å². The molecule has 3 saturated heterocycles. The van der Waals surface area contributed by atoms with Gasteiger partial charge in [-0.15, -0.1) is 0 Å². The molecule has 1 aromatic rings. The molecule has 0 radical (unpaired) electrons. The zero-order valence-electron chi connectivity index (χ0n) is 20.3. The van der Waals surface area contributed by atoms with Crippen LogP contribution in [0.25, 0.3) is 0 Å². The van der Waals surface area contributed by atoms with Crippen molar-refractivity contribution in [3.05, 3.63) is 28.8 Å². The van der Waals surface area contributed by atoms with Gasteiger partial charge < -0.3 is 24.8 Å². The number of nitrogens with one attached hydrogen (secondary N) is 1. The van der Waals surface area contributed by atoms with E-state index < -0.39 is 0 Å². The van der Waals surface area contributed by atoms with Crippen molar-refractivity contribution in [3.63, 3.8) is 0 Å². The first-order chi connectivity index (χ1) is 16.6. The molecule has 0 bridgehead atoms. The van der Waals surface area contributed by atoms with Gasteiger partial charge in [0.15, 0.2) is 0 Å². The summed E-state index contributed by atoms with van der Waals surface area (Å²) < 4.78 is 6.21. The number of halogens is 1. The number of likely N-dealkylation sites (tertiary alicyclic amines) is 3. The Hall–Kier alpha value is -1.99. The molecule has 0 unspecified atom stereocenters. The highest BCUT2D eigenvalue weighted by molar-refractivity contribution is 6.30. The van der Waals surface area contributed by atoms with Crippen molar-refractivity contribution in [1.29, 1.82) is 0 Å². The molecule has 0 aromatic heterocycles. The van der Waals surface area contributed by atoms with Crippen LogP contribution < -0.4 is 10.1 Å². The minimum absolute atomic E-state index is 0.00344. The quantitative estimate of drug-likeness (QED) is 0.557. The summed E-state index contributed by atoms with van der Waals surface area (Å²) in [6, 6.07) is 5.83. The van der Waals surface area contributed by atoms with E-state index in [4.69, 9.17) is 16.3 Å². The van der Waals surface area contributed by atoms with Gasteiger partial charge in [-0.3, -0.25) is 4.79 Å². The molecule has 188 valence electrons. The number of urea groups is 1. The van der Waals surface area contributed by atoms with Gasteiger partial charge in [0, 0.05) is 37.7 Å². The lowest BCUT2D eigenvalue weighted by Gasteiger charge is -2.33. The molecule has 34 heavy (non-hydrogen) atoms. The fourth-order valence-corrected chi connectivity index (χ4v) is 5.52. The van der Waals surface area contributed by atoms with E-state index in [-0.39, 0.29) is 18.5 Å². The van der Waals surface area contributed by atoms with Gasteiger partial charge in [0.2, 0.25) is 5.91 Å². The second kappa shape index (κ2) is 12.6. The zero-order chi connectivity index (χ0) is 23.8. The monoisotopic (exact) mass is 490 g/mol. The summed E-state index contributed by atoms with van der Waals surface area (Å²) in [7, 11) is 0. The number of rotatable bonds is 8. The van der Waals surface area contributed by atoms with Crippen molar-refractivity contribution >= 4 is 23.5 Å². The van der Waals surface area contributed by atoms with E-state index in [2.05, 4.69) is 16.3 Å². The Morgan fingerprint density at radius 3 is 2.38 bits per heavy atom. The molecular formula is C26H39ClN4O3. The fourth-order valence-electron chi connectivity index (χ4n) is 5.36. The minimum atomic E-state index is -0.121. The van der Waals surface area contributed by atoms with Crippen molar-refractivity contribution in [2.75, 3.05) is 59.0 Å². The standard InChI is InChI=1S/C26H39ClN4O3/c27-22-7-8-23(24(19-22)34-18-6-13-29-11-2-1-3-12-29)21-9-16-30(17-10-21)25(32)20-28-26(33)31-14-4-5-15-31/h7-8,19,21H,1-6,9-18,20H2,(H,28,33). The molecule has 0 atom stereocenters. The van der Waals surface area contributed by atoms with Crippen LogP contribution in [0.5, 0.6) is 5.75 Å². The first-order valence-corrected chi connectivity index (χ1v) is 13.4. The fraction of sp³-hybridized carbons (Fsp3) is 0.692. The molecule has 1 N–H and O–H groups in total. The van der Waals surface area contributed by atoms with Gasteiger partial charge in [-0.25, -0.2) is 4.79 Å². The van der Waals surface area contributed by atoms with E-state index in [1.165, 1.54) is 37.9 Å². The Balaban J connectivity index is 1.22. The molecule has 3 heterocycles. The van der Waals surface area contributed by atoms with Gasteiger partial charge in [0.25, 0.3) is 0 Å². The van der Waals surface area contributed by atoms with E-state index in [0.29, 0.717) is 30.6 Å². The SMILES string of the molecule is O=C(CNC(=O)N1CCCC1)N1CCC(c2ccc(Cl)cc2OCCCN2CCCCC2)CC1. The van der Waals surface area contributed by atoms with Gasteiger partial charge >= 0.3 is 6.03 Å². The minimum Gasteiger partial charge on any atom is -0.493 e. The molecular weight excluding hydrogens is 452 g/mol. The summed E-state index contributed by atoms with van der Waals surface area (Å²) in [4.78, 5) is 31.0. The van der Waals surface area contributed by atoms with Gasteiger partial charge in [-0.1, -0.05) is 24.1 Å². The largest absolute Gasteiger partial charge is 0.493 e. The van der Waals surface area contributed by atoms with Gasteiger partial charge in [0.05, 0.1) is 13.2 Å². The molecule has 3 aliphatic heterocycles. The molecule has 0 saturated carbocycles. The maximum Gasteiger partial charge on any atom is 0.317 e. The van der Waals surface area contributed by atoms with Crippen LogP contribution in [0.3, 0.4) is 0 Å². The topological polar surface area (TPSA) is 65.1 Å². The Labute approximate surface area is 208 Å². The number of piperidine rings is 2. The maximum atomic E-state index is 12.6. The Bertz CT molecular complexity index is 816. The van der Waals surface area contributed by atoms with E-state index >= 15 is 0 Å². The average Bonchev–Trinajstić information content (AvgIpc) is 3.41. The molecule has 3 fully saturated rings. The van der Waals surface area contributed by atoms with Crippen molar-refractivity contribution < 1.29 is 14.3 Å². The number of carbonyl (C=O) groups excluding carboxylic acids is 2. The van der Waals surface area contributed by atoms with Gasteiger partial charge in [0.1, 0.15) is 5.75 Å². The summed E-state index contributed by atoms with van der Waals surface area (Å²) in [5, 5.41) is 3.48. The van der Waals surface area contributed by atoms with E-state index in [0.717, 1.165) is 57.5 Å². The third-order valence-electron chi connectivity index (χ3n) is 7.37. The van der Waals surface area contributed by atoms with Crippen LogP contribution in [0.1, 0.15) is 62.8 Å². The summed E-state index contributed by atoms with van der Waals surface area (Å²) in [5.41, 5.74) is 1.19. The Kier molecular flexibility index (Phi) is 9.33. The number of hydrogen-bond donors (Lipinski definition) is 1. The van der Waals surface area contributed by atoms with E-state index in [1.54, 1.807) is 4.90 Å². The van der Waals surface area contributed by atoms with Gasteiger partial charge in [-0.05, 0) is 81.6 Å². The average molecular weight is 491 g/mol. The van der Waals surface area contributed by atoms with Gasteiger partial charge in [-0.2, -0.15) is 0 Å². The first kappa shape index (κ1) is 25.1. The summed E-state index contributed by atoms with van der Waals surface area (Å²) in [6.45, 7) is 7.24. The van der Waals surface area contributed by atoms with Crippen LogP contribution in [-0.4, -0.2) is 85.6 Å². The molecule has 3 amide bonds. The highest BCUT2D eigenvalue weighted by Gasteiger charge is 2.27. The number of ether oxygens (including phenoxy) is 1. The number of benzene rings is 1. The summed E-state index contributed by atoms with van der Waals surface area (Å²) in [6.07, 6.45) is 8.86. The van der Waals surface area contributed by atoms with Crippen LogP contribution in [0.2, 0.25) is 5.02 Å². The number of amides is 3. The molecule has 3 aliphatic rings. The number of carbonyl (C=O) groups is 2. The smallest absolute Gasteiger partial charge is 0.317 e. The lowest BCUT2D eigenvalue weighted by atomic mass is 9.88. The lowest BCUT2D eigenvalue weighted by Crippen LogP contribution is -2.46. The first-order valence-electron chi connectivity index (χ1n) is 13.1. The molecule has 8 heteroatoms.